The summed E-state index contributed by atoms with van der Waals surface area (Å²) in [6, 6.07) is 11.5. The van der Waals surface area contributed by atoms with Crippen LogP contribution in [0.5, 0.6) is 0 Å². The van der Waals surface area contributed by atoms with Gasteiger partial charge in [0.1, 0.15) is 10.7 Å². The maximum atomic E-state index is 13.2. The van der Waals surface area contributed by atoms with Gasteiger partial charge in [0, 0.05) is 15.9 Å². The Kier molecular flexibility index (Phi) is 6.27. The first-order chi connectivity index (χ1) is 13.7. The number of carbonyl (C=O) groups is 2. The molecular weight excluding hydrogens is 436 g/mol. The molecule has 0 fully saturated rings. The quantitative estimate of drug-likeness (QED) is 0.474. The van der Waals surface area contributed by atoms with Crippen LogP contribution >= 0.6 is 34.5 Å². The molecule has 0 unspecified atom stereocenters. The standard InChI is InChI=1S/C21H16Cl2FNO3S/c1-11(2)25(20(26)15-8-5-13(22)9-16(15)23)17-10-18(29-19(17)21(27)28)12-3-6-14(24)7-4-12/h3-11H,1-2H3,(H,27,28). The number of carbonyl (C=O) groups excluding carboxylic acids is 1. The molecule has 1 amide bonds. The van der Waals surface area contributed by atoms with Crippen molar-refractivity contribution < 1.29 is 19.1 Å². The molecule has 1 aromatic heterocycles. The molecule has 1 heterocycles. The van der Waals surface area contributed by atoms with E-state index in [0.717, 1.165) is 11.3 Å². The first-order valence-electron chi connectivity index (χ1n) is 8.60. The van der Waals surface area contributed by atoms with Gasteiger partial charge in [-0.05, 0) is 55.8 Å². The van der Waals surface area contributed by atoms with Gasteiger partial charge >= 0.3 is 5.97 Å². The molecule has 4 nitrogen and oxygen atoms in total. The summed E-state index contributed by atoms with van der Waals surface area (Å²) in [7, 11) is 0. The van der Waals surface area contributed by atoms with Crippen LogP contribution in [-0.2, 0) is 0 Å². The Labute approximate surface area is 181 Å². The lowest BCUT2D eigenvalue weighted by molar-refractivity contribution is 0.0703. The summed E-state index contributed by atoms with van der Waals surface area (Å²) >= 11 is 13.1. The van der Waals surface area contributed by atoms with Crippen LogP contribution in [0.25, 0.3) is 10.4 Å². The number of benzene rings is 2. The maximum absolute atomic E-state index is 13.2. The largest absolute Gasteiger partial charge is 0.477 e. The third-order valence-electron chi connectivity index (χ3n) is 4.19. The van der Waals surface area contributed by atoms with Gasteiger partial charge in [0.2, 0.25) is 0 Å². The van der Waals surface area contributed by atoms with Gasteiger partial charge in [0.25, 0.3) is 5.91 Å². The summed E-state index contributed by atoms with van der Waals surface area (Å²) in [5, 5.41) is 10.3. The van der Waals surface area contributed by atoms with Gasteiger partial charge in [-0.2, -0.15) is 0 Å². The fourth-order valence-electron chi connectivity index (χ4n) is 2.88. The van der Waals surface area contributed by atoms with E-state index in [1.807, 2.05) is 0 Å². The number of hydrogen-bond donors (Lipinski definition) is 1. The molecule has 3 rings (SSSR count). The summed E-state index contributed by atoms with van der Waals surface area (Å²) in [6.07, 6.45) is 0. The normalized spacial score (nSPS) is 11.0. The Hall–Kier alpha value is -2.41. The molecular formula is C21H16Cl2FNO3S. The van der Waals surface area contributed by atoms with Gasteiger partial charge in [-0.25, -0.2) is 9.18 Å². The number of anilines is 1. The Morgan fingerprint density at radius 2 is 1.72 bits per heavy atom. The Bertz CT molecular complexity index is 1080. The molecule has 8 heteroatoms. The van der Waals surface area contributed by atoms with E-state index in [4.69, 9.17) is 23.2 Å². The van der Waals surface area contributed by atoms with E-state index in [1.54, 1.807) is 38.1 Å². The van der Waals surface area contributed by atoms with Gasteiger partial charge in [-0.3, -0.25) is 4.79 Å². The Balaban J connectivity index is 2.12. The maximum Gasteiger partial charge on any atom is 0.348 e. The zero-order chi connectivity index (χ0) is 21.3. The molecule has 0 bridgehead atoms. The van der Waals surface area contributed by atoms with Crippen molar-refractivity contribution in [3.8, 4) is 10.4 Å². The van der Waals surface area contributed by atoms with Gasteiger partial charge in [-0.15, -0.1) is 11.3 Å². The van der Waals surface area contributed by atoms with Crippen LogP contribution in [-0.4, -0.2) is 23.0 Å². The molecule has 2 aromatic carbocycles. The van der Waals surface area contributed by atoms with Crippen LogP contribution in [0.1, 0.15) is 33.9 Å². The number of hydrogen-bond acceptors (Lipinski definition) is 3. The molecule has 0 atom stereocenters. The summed E-state index contributed by atoms with van der Waals surface area (Å²) in [5.41, 5.74) is 1.13. The SMILES string of the molecule is CC(C)N(C(=O)c1ccc(Cl)cc1Cl)c1cc(-c2ccc(F)cc2)sc1C(=O)O. The van der Waals surface area contributed by atoms with Crippen LogP contribution in [0.4, 0.5) is 10.1 Å². The van der Waals surface area contributed by atoms with E-state index in [0.29, 0.717) is 15.5 Å². The number of amides is 1. The molecule has 29 heavy (non-hydrogen) atoms. The number of carboxylic acid groups (broad SMARTS) is 1. The van der Waals surface area contributed by atoms with E-state index in [2.05, 4.69) is 0 Å². The summed E-state index contributed by atoms with van der Waals surface area (Å²) in [6.45, 7) is 3.56. The molecule has 0 saturated carbocycles. The average Bonchev–Trinajstić information content (AvgIpc) is 3.07. The molecule has 1 N–H and O–H groups in total. The van der Waals surface area contributed by atoms with Crippen molar-refractivity contribution in [2.75, 3.05) is 4.90 Å². The van der Waals surface area contributed by atoms with Crippen molar-refractivity contribution >= 4 is 52.1 Å². The van der Waals surface area contributed by atoms with Gasteiger partial charge in [0.05, 0.1) is 16.3 Å². The zero-order valence-corrected chi connectivity index (χ0v) is 17.8. The second kappa shape index (κ2) is 8.53. The van der Waals surface area contributed by atoms with E-state index >= 15 is 0 Å². The lowest BCUT2D eigenvalue weighted by Crippen LogP contribution is -2.37. The monoisotopic (exact) mass is 451 g/mol. The highest BCUT2D eigenvalue weighted by molar-refractivity contribution is 7.18. The number of rotatable bonds is 5. The van der Waals surface area contributed by atoms with Crippen LogP contribution in [0.2, 0.25) is 10.0 Å². The molecule has 0 aliphatic heterocycles. The fraction of sp³-hybridized carbons (Fsp3) is 0.143. The minimum absolute atomic E-state index is 0.0106. The van der Waals surface area contributed by atoms with E-state index in [-0.39, 0.29) is 33.0 Å². The molecule has 0 aliphatic rings. The van der Waals surface area contributed by atoms with Crippen LogP contribution < -0.4 is 4.90 Å². The van der Waals surface area contributed by atoms with E-state index in [9.17, 15) is 19.1 Å². The van der Waals surface area contributed by atoms with Crippen molar-refractivity contribution in [1.29, 1.82) is 0 Å². The van der Waals surface area contributed by atoms with Crippen molar-refractivity contribution in [1.82, 2.24) is 0 Å². The molecule has 0 radical (unpaired) electrons. The molecule has 0 saturated heterocycles. The topological polar surface area (TPSA) is 57.6 Å². The van der Waals surface area contributed by atoms with Gasteiger partial charge in [-0.1, -0.05) is 35.3 Å². The second-order valence-corrected chi connectivity index (χ2v) is 8.43. The van der Waals surface area contributed by atoms with Gasteiger partial charge < -0.3 is 10.0 Å². The predicted molar refractivity (Wildman–Crippen MR) is 115 cm³/mol. The third-order valence-corrected chi connectivity index (χ3v) is 5.90. The number of thiophene rings is 1. The number of aromatic carboxylic acids is 1. The Morgan fingerprint density at radius 1 is 1.07 bits per heavy atom. The summed E-state index contributed by atoms with van der Waals surface area (Å²) in [4.78, 5) is 27.1. The minimum atomic E-state index is -1.15. The first kappa shape index (κ1) is 21.3. The molecule has 0 spiro atoms. The highest BCUT2D eigenvalue weighted by atomic mass is 35.5. The van der Waals surface area contributed by atoms with Crippen molar-refractivity contribution in [3.63, 3.8) is 0 Å². The molecule has 150 valence electrons. The smallest absolute Gasteiger partial charge is 0.348 e. The number of halogens is 3. The number of carboxylic acids is 1. The average molecular weight is 452 g/mol. The first-order valence-corrected chi connectivity index (χ1v) is 10.2. The van der Waals surface area contributed by atoms with Crippen molar-refractivity contribution in [2.24, 2.45) is 0 Å². The highest BCUT2D eigenvalue weighted by Gasteiger charge is 2.29. The van der Waals surface area contributed by atoms with Crippen LogP contribution in [0.3, 0.4) is 0 Å². The molecule has 0 aliphatic carbocycles. The minimum Gasteiger partial charge on any atom is -0.477 e. The fourth-order valence-corrected chi connectivity index (χ4v) is 4.37. The van der Waals surface area contributed by atoms with E-state index < -0.39 is 11.9 Å². The second-order valence-electron chi connectivity index (χ2n) is 6.53. The van der Waals surface area contributed by atoms with Gasteiger partial charge in [0.15, 0.2) is 0 Å². The summed E-state index contributed by atoms with van der Waals surface area (Å²) in [5.74, 6) is -1.98. The van der Waals surface area contributed by atoms with Crippen molar-refractivity contribution in [2.45, 2.75) is 19.9 Å². The summed E-state index contributed by atoms with van der Waals surface area (Å²) < 4.78 is 13.2. The third kappa shape index (κ3) is 4.45. The van der Waals surface area contributed by atoms with Crippen LogP contribution in [0.15, 0.2) is 48.5 Å². The predicted octanol–water partition coefficient (Wildman–Crippen LogP) is 6.61. The number of nitrogens with zero attached hydrogens (tertiary/aromatic N) is 1. The van der Waals surface area contributed by atoms with E-state index in [1.165, 1.54) is 29.2 Å². The van der Waals surface area contributed by atoms with Crippen LogP contribution in [0, 0.1) is 5.82 Å². The van der Waals surface area contributed by atoms with Crippen molar-refractivity contribution in [3.05, 3.63) is 74.8 Å². The lowest BCUT2D eigenvalue weighted by atomic mass is 10.1. The zero-order valence-electron chi connectivity index (χ0n) is 15.4. The Morgan fingerprint density at radius 3 is 2.28 bits per heavy atom. The lowest BCUT2D eigenvalue weighted by Gasteiger charge is -2.27. The molecule has 3 aromatic rings. The highest BCUT2D eigenvalue weighted by Crippen LogP contribution is 2.39.